The van der Waals surface area contributed by atoms with Gasteiger partial charge < -0.3 is 17.2 Å². The molecule has 0 aromatic heterocycles. The van der Waals surface area contributed by atoms with Crippen LogP contribution in [0, 0.1) is 5.92 Å². The van der Waals surface area contributed by atoms with E-state index in [-0.39, 0.29) is 17.8 Å². The molecule has 6 N–H and O–H groups in total. The molecule has 1 amide bonds. The lowest BCUT2D eigenvalue weighted by Gasteiger charge is -2.14. The first-order valence-corrected chi connectivity index (χ1v) is 7.83. The zero-order valence-electron chi connectivity index (χ0n) is 13.6. The summed E-state index contributed by atoms with van der Waals surface area (Å²) in [5, 5.41) is 0. The summed E-state index contributed by atoms with van der Waals surface area (Å²) in [6.07, 6.45) is 3.46. The van der Waals surface area contributed by atoms with Crippen molar-refractivity contribution >= 4 is 11.9 Å². The van der Waals surface area contributed by atoms with Crippen molar-refractivity contribution in [1.29, 1.82) is 0 Å². The molecule has 0 saturated heterocycles. The number of nitrogens with zero attached hydrogens (tertiary/aromatic N) is 1. The molecule has 1 atom stereocenters. The molecule has 5 nitrogen and oxygen atoms in total. The zero-order chi connectivity index (χ0) is 16.5. The molecule has 0 aliphatic carbocycles. The third-order valence-corrected chi connectivity index (χ3v) is 3.56. The first-order valence-electron chi connectivity index (χ1n) is 7.83. The Labute approximate surface area is 133 Å². The molecule has 122 valence electrons. The van der Waals surface area contributed by atoms with Crippen molar-refractivity contribution in [3.63, 3.8) is 0 Å². The Morgan fingerprint density at radius 2 is 1.73 bits per heavy atom. The van der Waals surface area contributed by atoms with Crippen LogP contribution in [0.4, 0.5) is 0 Å². The minimum Gasteiger partial charge on any atom is -0.370 e. The number of benzene rings is 1. The van der Waals surface area contributed by atoms with Crippen LogP contribution in [-0.4, -0.2) is 18.4 Å². The van der Waals surface area contributed by atoms with Crippen molar-refractivity contribution in [1.82, 2.24) is 0 Å². The van der Waals surface area contributed by atoms with E-state index in [9.17, 15) is 4.79 Å². The minimum atomic E-state index is -0.279. The summed E-state index contributed by atoms with van der Waals surface area (Å²) in [6, 6.07) is 8.21. The molecule has 0 radical (unpaired) electrons. The van der Waals surface area contributed by atoms with E-state index >= 15 is 0 Å². The normalized spacial score (nSPS) is 12.1. The Hall–Kier alpha value is -2.04. The van der Waals surface area contributed by atoms with Crippen LogP contribution < -0.4 is 17.2 Å². The van der Waals surface area contributed by atoms with E-state index in [1.807, 2.05) is 12.1 Å². The number of amides is 1. The zero-order valence-corrected chi connectivity index (χ0v) is 13.6. The minimum absolute atomic E-state index is 0.104. The fraction of sp³-hybridized carbons (Fsp3) is 0.529. The number of hydrogen-bond donors (Lipinski definition) is 3. The number of carbonyl (C=O) groups is 1. The Kier molecular flexibility index (Phi) is 7.43. The molecule has 5 heteroatoms. The third-order valence-electron chi connectivity index (χ3n) is 3.56. The summed E-state index contributed by atoms with van der Waals surface area (Å²) in [5.74, 6) is 0.200. The highest BCUT2D eigenvalue weighted by molar-refractivity contribution is 5.81. The van der Waals surface area contributed by atoms with Crippen molar-refractivity contribution < 1.29 is 4.79 Å². The number of rotatable bonds is 9. The second-order valence-corrected chi connectivity index (χ2v) is 6.10. The van der Waals surface area contributed by atoms with E-state index in [1.165, 1.54) is 5.56 Å². The molecular weight excluding hydrogens is 276 g/mol. The molecule has 1 aromatic rings. The number of hydrogen-bond acceptors (Lipinski definition) is 2. The van der Waals surface area contributed by atoms with Crippen molar-refractivity contribution in [2.75, 3.05) is 6.54 Å². The smallest absolute Gasteiger partial charge is 0.224 e. The topological polar surface area (TPSA) is 107 Å². The maximum Gasteiger partial charge on any atom is 0.224 e. The number of primary amides is 1. The van der Waals surface area contributed by atoms with Gasteiger partial charge >= 0.3 is 0 Å². The van der Waals surface area contributed by atoms with E-state index in [0.29, 0.717) is 12.5 Å². The van der Waals surface area contributed by atoms with Crippen LogP contribution in [0.2, 0.25) is 0 Å². The van der Waals surface area contributed by atoms with Gasteiger partial charge in [-0.3, -0.25) is 9.79 Å². The fourth-order valence-corrected chi connectivity index (χ4v) is 2.50. The van der Waals surface area contributed by atoms with Crippen LogP contribution >= 0.6 is 0 Å². The first kappa shape index (κ1) is 18.0. The Balaban J connectivity index is 2.59. The number of unbranched alkanes of at least 4 members (excludes halogenated alkanes) is 1. The highest BCUT2D eigenvalue weighted by Crippen LogP contribution is 2.23. The van der Waals surface area contributed by atoms with Gasteiger partial charge in [0.1, 0.15) is 0 Å². The van der Waals surface area contributed by atoms with Gasteiger partial charge in [0.05, 0.1) is 5.92 Å². The average molecular weight is 304 g/mol. The van der Waals surface area contributed by atoms with Gasteiger partial charge in [-0.2, -0.15) is 0 Å². The van der Waals surface area contributed by atoms with Crippen LogP contribution in [0.3, 0.4) is 0 Å². The predicted molar refractivity (Wildman–Crippen MR) is 91.4 cm³/mol. The average Bonchev–Trinajstić information content (AvgIpc) is 2.42. The number of guanidine groups is 1. The summed E-state index contributed by atoms with van der Waals surface area (Å²) in [6.45, 7) is 4.97. The SMILES string of the molecule is CC(C)Cc1ccc([C@@H](CCCCN=C(N)N)C(N)=O)cc1. The third kappa shape index (κ3) is 6.61. The van der Waals surface area contributed by atoms with Crippen molar-refractivity contribution in [3.8, 4) is 0 Å². The Bertz CT molecular complexity index is 490. The van der Waals surface area contributed by atoms with E-state index in [0.717, 1.165) is 31.2 Å². The van der Waals surface area contributed by atoms with Crippen molar-refractivity contribution in [3.05, 3.63) is 35.4 Å². The summed E-state index contributed by atoms with van der Waals surface area (Å²) in [5.41, 5.74) is 18.4. The van der Waals surface area contributed by atoms with Gasteiger partial charge in [-0.1, -0.05) is 44.5 Å². The number of carbonyl (C=O) groups excluding carboxylic acids is 1. The van der Waals surface area contributed by atoms with Gasteiger partial charge in [0, 0.05) is 6.54 Å². The van der Waals surface area contributed by atoms with E-state index in [1.54, 1.807) is 0 Å². The van der Waals surface area contributed by atoms with Crippen LogP contribution in [0.1, 0.15) is 50.2 Å². The molecule has 0 spiro atoms. The molecule has 0 bridgehead atoms. The van der Waals surface area contributed by atoms with Crippen LogP contribution in [0.5, 0.6) is 0 Å². The molecule has 22 heavy (non-hydrogen) atoms. The van der Waals surface area contributed by atoms with Crippen LogP contribution in [0.15, 0.2) is 29.3 Å². The van der Waals surface area contributed by atoms with E-state index in [4.69, 9.17) is 17.2 Å². The maximum atomic E-state index is 11.7. The van der Waals surface area contributed by atoms with Crippen molar-refractivity contribution in [2.45, 2.75) is 45.4 Å². The second kappa shape index (κ2) is 9.07. The largest absolute Gasteiger partial charge is 0.370 e. The monoisotopic (exact) mass is 304 g/mol. The lowest BCUT2D eigenvalue weighted by atomic mass is 9.91. The van der Waals surface area contributed by atoms with Crippen LogP contribution in [0.25, 0.3) is 0 Å². The molecule has 0 unspecified atom stereocenters. The van der Waals surface area contributed by atoms with Gasteiger partial charge in [-0.15, -0.1) is 0 Å². The second-order valence-electron chi connectivity index (χ2n) is 6.10. The molecule has 0 fully saturated rings. The molecule has 0 saturated carbocycles. The fourth-order valence-electron chi connectivity index (χ4n) is 2.50. The molecule has 1 rings (SSSR count). The van der Waals surface area contributed by atoms with Gasteiger partial charge in [0.2, 0.25) is 5.91 Å². The van der Waals surface area contributed by atoms with Gasteiger partial charge in [0.25, 0.3) is 0 Å². The molecule has 0 heterocycles. The molecular formula is C17H28N4O. The number of nitrogens with two attached hydrogens (primary N) is 3. The maximum absolute atomic E-state index is 11.7. The predicted octanol–water partition coefficient (Wildman–Crippen LogP) is 1.90. The Morgan fingerprint density at radius 3 is 2.23 bits per heavy atom. The highest BCUT2D eigenvalue weighted by Gasteiger charge is 2.17. The highest BCUT2D eigenvalue weighted by atomic mass is 16.1. The van der Waals surface area contributed by atoms with E-state index in [2.05, 4.69) is 31.0 Å². The van der Waals surface area contributed by atoms with E-state index < -0.39 is 0 Å². The standard InChI is InChI=1S/C17H28N4O/c1-12(2)11-13-6-8-14(9-7-13)15(16(18)22)5-3-4-10-21-17(19)20/h6-9,12,15H,3-5,10-11H2,1-2H3,(H2,18,22)(H4,19,20,21)/t15-/m1/s1. The van der Waals surface area contributed by atoms with Gasteiger partial charge in [-0.05, 0) is 36.3 Å². The lowest BCUT2D eigenvalue weighted by molar-refractivity contribution is -0.119. The first-order chi connectivity index (χ1) is 10.4. The molecule has 1 aromatic carbocycles. The quantitative estimate of drug-likeness (QED) is 0.368. The van der Waals surface area contributed by atoms with Gasteiger partial charge in [0.15, 0.2) is 5.96 Å². The molecule has 0 aliphatic rings. The molecule has 0 aliphatic heterocycles. The summed E-state index contributed by atoms with van der Waals surface area (Å²) in [7, 11) is 0. The lowest BCUT2D eigenvalue weighted by Crippen LogP contribution is -2.23. The van der Waals surface area contributed by atoms with Gasteiger partial charge in [-0.25, -0.2) is 0 Å². The number of aliphatic imine (C=N–C) groups is 1. The summed E-state index contributed by atoms with van der Waals surface area (Å²) >= 11 is 0. The van der Waals surface area contributed by atoms with Crippen molar-refractivity contribution in [2.24, 2.45) is 28.1 Å². The van der Waals surface area contributed by atoms with Crippen LogP contribution in [-0.2, 0) is 11.2 Å². The summed E-state index contributed by atoms with van der Waals surface area (Å²) < 4.78 is 0. The summed E-state index contributed by atoms with van der Waals surface area (Å²) in [4.78, 5) is 15.6. The Morgan fingerprint density at radius 1 is 1.09 bits per heavy atom.